The van der Waals surface area contributed by atoms with Crippen LogP contribution < -0.4 is 15.5 Å². The molecule has 0 unspecified atom stereocenters. The van der Waals surface area contributed by atoms with Crippen LogP contribution in [0, 0.1) is 5.41 Å². The maximum absolute atomic E-state index is 12.9. The molecule has 5 heteroatoms. The Kier molecular flexibility index (Phi) is 5.37. The minimum atomic E-state index is -0.340. The number of para-hydroxylation sites is 1. The Labute approximate surface area is 165 Å². The number of nitrogens with zero attached hydrogens (tertiary/aromatic N) is 1. The van der Waals surface area contributed by atoms with E-state index in [4.69, 9.17) is 11.6 Å². The Morgan fingerprint density at radius 2 is 1.93 bits per heavy atom. The fourth-order valence-electron chi connectivity index (χ4n) is 4.12. The quantitative estimate of drug-likeness (QED) is 0.805. The van der Waals surface area contributed by atoms with Crippen molar-refractivity contribution in [2.75, 3.05) is 37.6 Å². The van der Waals surface area contributed by atoms with Crippen LogP contribution >= 0.6 is 11.6 Å². The van der Waals surface area contributed by atoms with Crippen LogP contribution in [0.15, 0.2) is 48.5 Å². The molecule has 27 heavy (non-hydrogen) atoms. The number of aryl methyl sites for hydroxylation is 1. The van der Waals surface area contributed by atoms with E-state index >= 15 is 0 Å². The zero-order valence-electron chi connectivity index (χ0n) is 15.5. The lowest BCUT2D eigenvalue weighted by Gasteiger charge is -2.41. The van der Waals surface area contributed by atoms with E-state index in [0.717, 1.165) is 49.6 Å². The molecule has 142 valence electrons. The first kappa shape index (κ1) is 18.3. The largest absolute Gasteiger partial charge is 0.370 e. The number of nitrogens with one attached hydrogen (secondary N) is 2. The number of carbonyl (C=O) groups is 1. The van der Waals surface area contributed by atoms with Crippen molar-refractivity contribution in [1.82, 2.24) is 10.6 Å². The molecule has 0 aromatic heterocycles. The normalized spacial score (nSPS) is 17.7. The maximum Gasteiger partial charge on any atom is 0.229 e. The van der Waals surface area contributed by atoms with E-state index in [1.807, 2.05) is 24.3 Å². The second-order valence-electron chi connectivity index (χ2n) is 7.66. The van der Waals surface area contributed by atoms with Crippen molar-refractivity contribution in [2.24, 2.45) is 5.41 Å². The molecule has 2 aromatic carbocycles. The van der Waals surface area contributed by atoms with E-state index in [1.165, 1.54) is 17.7 Å². The van der Waals surface area contributed by atoms with Gasteiger partial charge in [0, 0.05) is 43.4 Å². The zero-order chi connectivity index (χ0) is 18.7. The standard InChI is InChI=1S/C22H26ClN3O/c23-19-9-7-17(8-10-19)14-22(15-24-16-22)21(27)25-11-13-26-12-3-5-18-4-1-2-6-20(18)26/h1-2,4,6-10,24H,3,5,11-16H2,(H,25,27). The molecule has 2 heterocycles. The van der Waals surface area contributed by atoms with Crippen molar-refractivity contribution in [1.29, 1.82) is 0 Å². The van der Waals surface area contributed by atoms with Gasteiger partial charge in [0.1, 0.15) is 0 Å². The molecule has 0 bridgehead atoms. The number of anilines is 1. The van der Waals surface area contributed by atoms with Crippen LogP contribution in [-0.2, 0) is 17.6 Å². The van der Waals surface area contributed by atoms with Crippen molar-refractivity contribution in [3.8, 4) is 0 Å². The predicted octanol–water partition coefficient (Wildman–Crippen LogP) is 3.04. The molecule has 0 spiro atoms. The number of hydrogen-bond donors (Lipinski definition) is 2. The Morgan fingerprint density at radius 1 is 1.15 bits per heavy atom. The van der Waals surface area contributed by atoms with Gasteiger partial charge in [-0.15, -0.1) is 0 Å². The molecule has 2 N–H and O–H groups in total. The Morgan fingerprint density at radius 3 is 2.67 bits per heavy atom. The summed E-state index contributed by atoms with van der Waals surface area (Å²) >= 11 is 5.98. The van der Waals surface area contributed by atoms with Crippen LogP contribution in [0.2, 0.25) is 5.02 Å². The van der Waals surface area contributed by atoms with Gasteiger partial charge in [-0.05, 0) is 48.6 Å². The smallest absolute Gasteiger partial charge is 0.229 e. The Balaban J connectivity index is 1.34. The molecular weight excluding hydrogens is 358 g/mol. The van der Waals surface area contributed by atoms with Crippen LogP contribution in [0.25, 0.3) is 0 Å². The summed E-state index contributed by atoms with van der Waals surface area (Å²) in [4.78, 5) is 15.3. The van der Waals surface area contributed by atoms with Gasteiger partial charge < -0.3 is 15.5 Å². The van der Waals surface area contributed by atoms with E-state index in [9.17, 15) is 4.79 Å². The average Bonchev–Trinajstić information content (AvgIpc) is 2.66. The zero-order valence-corrected chi connectivity index (χ0v) is 16.3. The second kappa shape index (κ2) is 7.91. The summed E-state index contributed by atoms with van der Waals surface area (Å²) < 4.78 is 0. The van der Waals surface area contributed by atoms with Crippen molar-refractivity contribution in [2.45, 2.75) is 19.3 Å². The van der Waals surface area contributed by atoms with Crippen molar-refractivity contribution >= 4 is 23.2 Å². The highest BCUT2D eigenvalue weighted by molar-refractivity contribution is 6.30. The Hall–Kier alpha value is -2.04. The molecule has 2 aromatic rings. The fraction of sp³-hybridized carbons (Fsp3) is 0.409. The van der Waals surface area contributed by atoms with Gasteiger partial charge in [-0.2, -0.15) is 0 Å². The summed E-state index contributed by atoms with van der Waals surface area (Å²) in [6, 6.07) is 16.4. The molecule has 4 nitrogen and oxygen atoms in total. The van der Waals surface area contributed by atoms with Gasteiger partial charge in [-0.3, -0.25) is 4.79 Å². The number of carbonyl (C=O) groups excluding carboxylic acids is 1. The van der Waals surface area contributed by atoms with Crippen molar-refractivity contribution in [3.05, 3.63) is 64.7 Å². The fourth-order valence-corrected chi connectivity index (χ4v) is 4.25. The first-order valence-corrected chi connectivity index (χ1v) is 10.1. The maximum atomic E-state index is 12.9. The summed E-state index contributed by atoms with van der Waals surface area (Å²) in [5.74, 6) is 0.154. The van der Waals surface area contributed by atoms with Crippen LogP contribution in [0.4, 0.5) is 5.69 Å². The molecule has 4 rings (SSSR count). The van der Waals surface area contributed by atoms with Crippen molar-refractivity contribution < 1.29 is 4.79 Å². The minimum Gasteiger partial charge on any atom is -0.370 e. The monoisotopic (exact) mass is 383 g/mol. The number of hydrogen-bond acceptors (Lipinski definition) is 3. The number of amides is 1. The molecule has 0 radical (unpaired) electrons. The molecule has 1 amide bonds. The molecule has 1 fully saturated rings. The lowest BCUT2D eigenvalue weighted by molar-refractivity contribution is -0.133. The van der Waals surface area contributed by atoms with E-state index in [0.29, 0.717) is 6.54 Å². The van der Waals surface area contributed by atoms with E-state index in [1.54, 1.807) is 0 Å². The summed E-state index contributed by atoms with van der Waals surface area (Å²) in [6.45, 7) is 4.05. The third kappa shape index (κ3) is 3.97. The van der Waals surface area contributed by atoms with E-state index in [2.05, 4.69) is 39.8 Å². The SMILES string of the molecule is O=C(NCCN1CCCc2ccccc21)C1(Cc2ccc(Cl)cc2)CNC1. The highest BCUT2D eigenvalue weighted by atomic mass is 35.5. The van der Waals surface area contributed by atoms with Crippen LogP contribution in [0.5, 0.6) is 0 Å². The highest BCUT2D eigenvalue weighted by Crippen LogP contribution is 2.29. The minimum absolute atomic E-state index is 0.154. The molecular formula is C22H26ClN3O. The topological polar surface area (TPSA) is 44.4 Å². The van der Waals surface area contributed by atoms with Crippen LogP contribution in [0.3, 0.4) is 0 Å². The van der Waals surface area contributed by atoms with Gasteiger partial charge in [0.25, 0.3) is 0 Å². The first-order valence-electron chi connectivity index (χ1n) is 9.73. The summed E-state index contributed by atoms with van der Waals surface area (Å²) in [5.41, 5.74) is 3.55. The summed E-state index contributed by atoms with van der Waals surface area (Å²) in [6.07, 6.45) is 3.07. The van der Waals surface area contributed by atoms with Gasteiger partial charge in [0.2, 0.25) is 5.91 Å². The van der Waals surface area contributed by atoms with Crippen molar-refractivity contribution in [3.63, 3.8) is 0 Å². The van der Waals surface area contributed by atoms with Crippen LogP contribution in [0.1, 0.15) is 17.5 Å². The lowest BCUT2D eigenvalue weighted by atomic mass is 9.75. The molecule has 0 aliphatic carbocycles. The van der Waals surface area contributed by atoms with E-state index in [-0.39, 0.29) is 11.3 Å². The van der Waals surface area contributed by atoms with Crippen LogP contribution in [-0.4, -0.2) is 38.6 Å². The van der Waals surface area contributed by atoms with Gasteiger partial charge in [-0.25, -0.2) is 0 Å². The number of halogens is 1. The average molecular weight is 384 g/mol. The number of benzene rings is 2. The third-order valence-corrected chi connectivity index (χ3v) is 5.99. The third-order valence-electron chi connectivity index (χ3n) is 5.74. The molecule has 2 aliphatic rings. The van der Waals surface area contributed by atoms with Gasteiger partial charge >= 0.3 is 0 Å². The van der Waals surface area contributed by atoms with Gasteiger partial charge in [0.05, 0.1) is 5.41 Å². The second-order valence-corrected chi connectivity index (χ2v) is 8.10. The molecule has 1 saturated heterocycles. The number of fused-ring (bicyclic) bond motifs is 1. The molecule has 0 atom stereocenters. The number of rotatable bonds is 6. The first-order chi connectivity index (χ1) is 13.2. The van der Waals surface area contributed by atoms with Gasteiger partial charge in [-0.1, -0.05) is 41.9 Å². The summed E-state index contributed by atoms with van der Waals surface area (Å²) in [7, 11) is 0. The van der Waals surface area contributed by atoms with Gasteiger partial charge in [0.15, 0.2) is 0 Å². The van der Waals surface area contributed by atoms with E-state index < -0.39 is 0 Å². The molecule has 0 saturated carbocycles. The Bertz CT molecular complexity index is 801. The highest BCUT2D eigenvalue weighted by Gasteiger charge is 2.44. The molecule has 2 aliphatic heterocycles. The lowest BCUT2D eigenvalue weighted by Crippen LogP contribution is -2.63. The summed E-state index contributed by atoms with van der Waals surface area (Å²) in [5, 5.41) is 7.19. The predicted molar refractivity (Wildman–Crippen MR) is 110 cm³/mol.